The number of carbonyl (C=O) groups is 2. The highest BCUT2D eigenvalue weighted by molar-refractivity contribution is 8.26. The number of carboxylic acid groups (broad SMARTS) is 1. The number of rotatable bonds is 5. The molecule has 7 heteroatoms. The van der Waals surface area contributed by atoms with Crippen molar-refractivity contribution in [3.63, 3.8) is 0 Å². The topological polar surface area (TPSA) is 60.4 Å². The van der Waals surface area contributed by atoms with Crippen LogP contribution >= 0.6 is 24.0 Å². The van der Waals surface area contributed by atoms with E-state index >= 15 is 0 Å². The third kappa shape index (κ3) is 3.79. The first-order valence-electron chi connectivity index (χ1n) is 7.08. The van der Waals surface area contributed by atoms with Crippen molar-refractivity contribution >= 4 is 46.3 Å². The number of benzene rings is 1. The van der Waals surface area contributed by atoms with E-state index < -0.39 is 23.7 Å². The molecule has 1 amide bonds. The fraction of sp³-hybridized carbons (Fsp3) is 0.312. The van der Waals surface area contributed by atoms with Crippen molar-refractivity contribution in [1.82, 2.24) is 4.90 Å². The molecule has 0 bridgehead atoms. The third-order valence-electron chi connectivity index (χ3n) is 3.67. The molecule has 1 aromatic rings. The van der Waals surface area contributed by atoms with E-state index in [-0.39, 0.29) is 15.1 Å². The van der Waals surface area contributed by atoms with Crippen LogP contribution in [0.25, 0.3) is 6.08 Å². The minimum atomic E-state index is -1.33. The Balaban J connectivity index is 2.34. The van der Waals surface area contributed by atoms with Gasteiger partial charge in [0.1, 0.15) is 10.1 Å². The van der Waals surface area contributed by atoms with Crippen molar-refractivity contribution in [2.24, 2.45) is 5.92 Å². The minimum absolute atomic E-state index is 0.173. The van der Waals surface area contributed by atoms with Crippen molar-refractivity contribution < 1.29 is 19.1 Å². The summed E-state index contributed by atoms with van der Waals surface area (Å²) in [6.45, 7) is 3.57. The average Bonchev–Trinajstić information content (AvgIpc) is 2.75. The van der Waals surface area contributed by atoms with Gasteiger partial charge in [0.2, 0.25) is 0 Å². The molecule has 1 saturated heterocycles. The molecule has 0 N–H and O–H groups in total. The molecule has 23 heavy (non-hydrogen) atoms. The summed E-state index contributed by atoms with van der Waals surface area (Å²) in [5.74, 6) is -2.53. The van der Waals surface area contributed by atoms with Crippen LogP contribution in [-0.4, -0.2) is 27.1 Å². The number of nitrogens with zero attached hydrogens (tertiary/aromatic N) is 1. The highest BCUT2D eigenvalue weighted by atomic mass is 32.2. The van der Waals surface area contributed by atoms with Crippen LogP contribution in [0.3, 0.4) is 0 Å². The van der Waals surface area contributed by atoms with Crippen molar-refractivity contribution in [2.75, 3.05) is 0 Å². The van der Waals surface area contributed by atoms with Gasteiger partial charge in [-0.2, -0.15) is 0 Å². The summed E-state index contributed by atoms with van der Waals surface area (Å²) in [5.41, 5.74) is 0.513. The highest BCUT2D eigenvalue weighted by Gasteiger charge is 2.39. The Hall–Kier alpha value is -1.73. The van der Waals surface area contributed by atoms with E-state index in [1.54, 1.807) is 13.0 Å². The van der Waals surface area contributed by atoms with E-state index in [1.165, 1.54) is 24.3 Å². The number of aliphatic carboxylic acids is 1. The summed E-state index contributed by atoms with van der Waals surface area (Å²) in [5, 5.41) is 11.4. The number of halogens is 1. The number of thiocarbonyl (C=S) groups is 1. The number of amides is 1. The first-order chi connectivity index (χ1) is 10.8. The third-order valence-corrected chi connectivity index (χ3v) is 5.00. The first kappa shape index (κ1) is 17.6. The summed E-state index contributed by atoms with van der Waals surface area (Å²) in [4.78, 5) is 25.3. The van der Waals surface area contributed by atoms with E-state index in [2.05, 4.69) is 0 Å². The van der Waals surface area contributed by atoms with Gasteiger partial charge in [0.05, 0.1) is 16.9 Å². The summed E-state index contributed by atoms with van der Waals surface area (Å²) >= 11 is 6.17. The highest BCUT2D eigenvalue weighted by Crippen LogP contribution is 2.35. The predicted octanol–water partition coefficient (Wildman–Crippen LogP) is 2.19. The van der Waals surface area contributed by atoms with Gasteiger partial charge in [-0.1, -0.05) is 56.4 Å². The molecule has 4 nitrogen and oxygen atoms in total. The van der Waals surface area contributed by atoms with Crippen LogP contribution in [0.5, 0.6) is 0 Å². The van der Waals surface area contributed by atoms with E-state index in [9.17, 15) is 19.1 Å². The molecular weight excluding hydrogens is 337 g/mol. The van der Waals surface area contributed by atoms with E-state index in [1.807, 2.05) is 6.92 Å². The molecule has 1 aliphatic rings. The number of thioether (sulfide) groups is 1. The van der Waals surface area contributed by atoms with Crippen LogP contribution in [0, 0.1) is 11.7 Å². The molecule has 1 aromatic carbocycles. The SMILES string of the molecule is CC[C@@H](C)[C@H](C(=O)[O-])N1C(=O)/C(=C/c2cccc(F)c2)SC1=S. The fourth-order valence-corrected chi connectivity index (χ4v) is 3.61. The second-order valence-corrected chi connectivity index (χ2v) is 6.93. The lowest BCUT2D eigenvalue weighted by Crippen LogP contribution is -2.53. The summed E-state index contributed by atoms with van der Waals surface area (Å²) in [6, 6.07) is 4.67. The molecule has 0 radical (unpaired) electrons. The van der Waals surface area contributed by atoms with Gasteiger partial charge >= 0.3 is 0 Å². The van der Waals surface area contributed by atoms with Crippen molar-refractivity contribution in [3.05, 3.63) is 40.6 Å². The van der Waals surface area contributed by atoms with Gasteiger partial charge in [0, 0.05) is 0 Å². The Bertz CT molecular complexity index is 690. The van der Waals surface area contributed by atoms with Crippen LogP contribution in [-0.2, 0) is 9.59 Å². The number of hydrogen-bond acceptors (Lipinski definition) is 5. The fourth-order valence-electron chi connectivity index (χ4n) is 2.28. The lowest BCUT2D eigenvalue weighted by atomic mass is 9.98. The lowest BCUT2D eigenvalue weighted by molar-refractivity contribution is -0.311. The number of hydrogen-bond donors (Lipinski definition) is 0. The monoisotopic (exact) mass is 352 g/mol. The average molecular weight is 352 g/mol. The normalized spacial score (nSPS) is 19.3. The zero-order valence-electron chi connectivity index (χ0n) is 12.6. The lowest BCUT2D eigenvalue weighted by Gasteiger charge is -2.32. The maximum atomic E-state index is 13.2. The predicted molar refractivity (Wildman–Crippen MR) is 89.7 cm³/mol. The molecule has 122 valence electrons. The second-order valence-electron chi connectivity index (χ2n) is 5.26. The largest absolute Gasteiger partial charge is 0.548 e. The number of carbonyl (C=O) groups excluding carboxylic acids is 2. The van der Waals surface area contributed by atoms with Crippen molar-refractivity contribution in [2.45, 2.75) is 26.3 Å². The second kappa shape index (κ2) is 7.23. The molecule has 1 aliphatic heterocycles. The van der Waals surface area contributed by atoms with Crippen LogP contribution in [0.15, 0.2) is 29.2 Å². The van der Waals surface area contributed by atoms with Gasteiger partial charge < -0.3 is 9.90 Å². The number of carboxylic acids is 1. The zero-order valence-corrected chi connectivity index (χ0v) is 14.2. The van der Waals surface area contributed by atoms with Gasteiger partial charge in [-0.15, -0.1) is 0 Å². The Kier molecular flexibility index (Phi) is 5.54. The van der Waals surface area contributed by atoms with Crippen molar-refractivity contribution in [3.8, 4) is 0 Å². The standard InChI is InChI=1S/C16H16FNO3S2/c1-3-9(2)13(15(20)21)18-14(19)12(23-16(18)22)8-10-5-4-6-11(17)7-10/h4-9,13H,3H2,1-2H3,(H,20,21)/p-1/b12-8-/t9-,13-/m1/s1. The molecule has 0 spiro atoms. The smallest absolute Gasteiger partial charge is 0.266 e. The Morgan fingerprint density at radius 3 is 2.78 bits per heavy atom. The van der Waals surface area contributed by atoms with Crippen LogP contribution in [0.4, 0.5) is 4.39 Å². The van der Waals surface area contributed by atoms with Crippen LogP contribution < -0.4 is 5.11 Å². The maximum absolute atomic E-state index is 13.2. The van der Waals surface area contributed by atoms with Crippen molar-refractivity contribution in [1.29, 1.82) is 0 Å². The zero-order chi connectivity index (χ0) is 17.1. The molecule has 2 atom stereocenters. The summed E-state index contributed by atoms with van der Waals surface area (Å²) in [7, 11) is 0. The maximum Gasteiger partial charge on any atom is 0.266 e. The van der Waals surface area contributed by atoms with E-state index in [4.69, 9.17) is 12.2 Å². The van der Waals surface area contributed by atoms with Gasteiger partial charge in [-0.25, -0.2) is 4.39 Å². The molecule has 1 fully saturated rings. The van der Waals surface area contributed by atoms with Gasteiger partial charge in [-0.3, -0.25) is 9.69 Å². The molecule has 0 aromatic heterocycles. The summed E-state index contributed by atoms with van der Waals surface area (Å²) < 4.78 is 13.4. The molecular formula is C16H15FNO3S2-. The van der Waals surface area contributed by atoms with Crippen LogP contribution in [0.1, 0.15) is 25.8 Å². The Morgan fingerprint density at radius 1 is 1.52 bits per heavy atom. The molecule has 0 saturated carbocycles. The van der Waals surface area contributed by atoms with Crippen LogP contribution in [0.2, 0.25) is 0 Å². The van der Waals surface area contributed by atoms with E-state index in [0.717, 1.165) is 16.7 Å². The quantitative estimate of drug-likeness (QED) is 0.600. The van der Waals surface area contributed by atoms with Gasteiger partial charge in [0.25, 0.3) is 5.91 Å². The molecule has 0 aliphatic carbocycles. The first-order valence-corrected chi connectivity index (χ1v) is 8.31. The Morgan fingerprint density at radius 2 is 2.22 bits per heavy atom. The summed E-state index contributed by atoms with van der Waals surface area (Å²) in [6.07, 6.45) is 2.07. The molecule has 1 heterocycles. The van der Waals surface area contributed by atoms with Gasteiger partial charge in [-0.05, 0) is 29.7 Å². The molecule has 0 unspecified atom stereocenters. The van der Waals surface area contributed by atoms with Gasteiger partial charge in [0.15, 0.2) is 0 Å². The van der Waals surface area contributed by atoms with E-state index in [0.29, 0.717) is 12.0 Å². The minimum Gasteiger partial charge on any atom is -0.548 e. The Labute approximate surface area is 143 Å². The molecule has 2 rings (SSSR count).